The summed E-state index contributed by atoms with van der Waals surface area (Å²) >= 11 is 0. The number of aromatic nitrogens is 2. The summed E-state index contributed by atoms with van der Waals surface area (Å²) in [6.07, 6.45) is 6.14. The van der Waals surface area contributed by atoms with Crippen LogP contribution >= 0.6 is 0 Å². The number of hydrogen-bond acceptors (Lipinski definition) is 3. The highest BCUT2D eigenvalue weighted by Crippen LogP contribution is 2.40. The molecule has 5 heteroatoms. The van der Waals surface area contributed by atoms with E-state index in [2.05, 4.69) is 22.7 Å². The number of carbonyl (C=O) groups is 1. The fraction of sp³-hybridized carbons (Fsp3) is 0.692. The third-order valence-corrected chi connectivity index (χ3v) is 4.19. The van der Waals surface area contributed by atoms with Crippen LogP contribution in [0, 0.1) is 0 Å². The SMILES string of the molecule is CCc1nn(C)c2c1NC(=O)C1(CCCCC1)N2. The zero-order chi connectivity index (χ0) is 12.8. The molecule has 2 heterocycles. The molecule has 1 amide bonds. The Morgan fingerprint density at radius 2 is 2.06 bits per heavy atom. The molecule has 3 rings (SSSR count). The molecule has 1 aliphatic carbocycles. The lowest BCUT2D eigenvalue weighted by atomic mass is 9.80. The molecule has 0 aromatic carbocycles. The summed E-state index contributed by atoms with van der Waals surface area (Å²) in [6, 6.07) is 0. The van der Waals surface area contributed by atoms with Gasteiger partial charge in [0.05, 0.1) is 5.69 Å². The molecule has 2 aliphatic rings. The maximum atomic E-state index is 12.4. The number of hydrogen-bond donors (Lipinski definition) is 2. The third kappa shape index (κ3) is 1.53. The van der Waals surface area contributed by atoms with Crippen LogP contribution in [0.3, 0.4) is 0 Å². The van der Waals surface area contributed by atoms with Crippen molar-refractivity contribution in [3.05, 3.63) is 5.69 Å². The Bertz CT molecular complexity index is 485. The zero-order valence-corrected chi connectivity index (χ0v) is 11.0. The van der Waals surface area contributed by atoms with Gasteiger partial charge in [0.25, 0.3) is 0 Å². The topological polar surface area (TPSA) is 59.0 Å². The molecular weight excluding hydrogens is 228 g/mol. The van der Waals surface area contributed by atoms with Gasteiger partial charge in [-0.05, 0) is 19.3 Å². The molecule has 0 bridgehead atoms. The van der Waals surface area contributed by atoms with Crippen molar-refractivity contribution in [3.8, 4) is 0 Å². The van der Waals surface area contributed by atoms with Crippen LogP contribution in [0.25, 0.3) is 0 Å². The monoisotopic (exact) mass is 248 g/mol. The van der Waals surface area contributed by atoms with Crippen LogP contribution in [0.4, 0.5) is 11.5 Å². The molecule has 0 unspecified atom stereocenters. The second-order valence-electron chi connectivity index (χ2n) is 5.37. The summed E-state index contributed by atoms with van der Waals surface area (Å²) in [5.41, 5.74) is 1.43. The maximum Gasteiger partial charge on any atom is 0.250 e. The van der Waals surface area contributed by atoms with E-state index in [0.717, 1.165) is 49.3 Å². The van der Waals surface area contributed by atoms with Gasteiger partial charge in [0.2, 0.25) is 5.91 Å². The highest BCUT2D eigenvalue weighted by atomic mass is 16.2. The van der Waals surface area contributed by atoms with E-state index < -0.39 is 5.54 Å². The highest BCUT2D eigenvalue weighted by molar-refractivity contribution is 6.06. The normalized spacial score (nSPS) is 21.3. The predicted molar refractivity (Wildman–Crippen MR) is 70.7 cm³/mol. The first-order chi connectivity index (χ1) is 8.66. The van der Waals surface area contributed by atoms with Crippen molar-refractivity contribution in [2.24, 2.45) is 7.05 Å². The molecule has 1 aromatic heterocycles. The van der Waals surface area contributed by atoms with Gasteiger partial charge in [-0.25, -0.2) is 0 Å². The van der Waals surface area contributed by atoms with Gasteiger partial charge >= 0.3 is 0 Å². The van der Waals surface area contributed by atoms with Crippen LogP contribution in [-0.2, 0) is 18.3 Å². The Kier molecular flexibility index (Phi) is 2.57. The molecule has 5 nitrogen and oxygen atoms in total. The van der Waals surface area contributed by atoms with Gasteiger partial charge in [0.15, 0.2) is 0 Å². The number of aryl methyl sites for hydroxylation is 2. The summed E-state index contributed by atoms with van der Waals surface area (Å²) in [5, 5.41) is 11.0. The maximum absolute atomic E-state index is 12.4. The van der Waals surface area contributed by atoms with Gasteiger partial charge < -0.3 is 10.6 Å². The molecule has 98 valence electrons. The number of carbonyl (C=O) groups excluding carboxylic acids is 1. The zero-order valence-electron chi connectivity index (χ0n) is 11.0. The summed E-state index contributed by atoms with van der Waals surface area (Å²) in [4.78, 5) is 12.4. The molecule has 1 spiro atoms. The van der Waals surface area contributed by atoms with Crippen molar-refractivity contribution >= 4 is 17.4 Å². The fourth-order valence-corrected chi connectivity index (χ4v) is 3.13. The Hall–Kier alpha value is -1.52. The van der Waals surface area contributed by atoms with E-state index in [-0.39, 0.29) is 5.91 Å². The first-order valence-corrected chi connectivity index (χ1v) is 6.82. The molecule has 0 atom stereocenters. The number of anilines is 2. The van der Waals surface area contributed by atoms with Crippen LogP contribution in [-0.4, -0.2) is 21.2 Å². The Morgan fingerprint density at radius 1 is 1.33 bits per heavy atom. The van der Waals surface area contributed by atoms with Crippen LogP contribution in [0.2, 0.25) is 0 Å². The number of rotatable bonds is 1. The number of nitrogens with one attached hydrogen (secondary N) is 2. The van der Waals surface area contributed by atoms with Crippen LogP contribution in [0.15, 0.2) is 0 Å². The van der Waals surface area contributed by atoms with Crippen molar-refractivity contribution in [1.29, 1.82) is 0 Å². The standard InChI is InChI=1S/C13H20N4O/c1-3-9-10-11(17(2)16-9)15-13(12(18)14-10)7-5-4-6-8-13/h15H,3-8H2,1-2H3,(H,14,18). The van der Waals surface area contributed by atoms with Gasteiger partial charge in [0, 0.05) is 7.05 Å². The largest absolute Gasteiger partial charge is 0.354 e. The van der Waals surface area contributed by atoms with Gasteiger partial charge in [-0.2, -0.15) is 5.10 Å². The highest BCUT2D eigenvalue weighted by Gasteiger charge is 2.44. The predicted octanol–water partition coefficient (Wildman–Crippen LogP) is 2.05. The van der Waals surface area contributed by atoms with Gasteiger partial charge in [0.1, 0.15) is 17.0 Å². The van der Waals surface area contributed by atoms with E-state index in [1.54, 1.807) is 0 Å². The van der Waals surface area contributed by atoms with Crippen molar-refractivity contribution in [1.82, 2.24) is 9.78 Å². The minimum atomic E-state index is -0.399. The molecule has 0 radical (unpaired) electrons. The average molecular weight is 248 g/mol. The first-order valence-electron chi connectivity index (χ1n) is 6.82. The summed E-state index contributed by atoms with van der Waals surface area (Å²) < 4.78 is 1.85. The smallest absolute Gasteiger partial charge is 0.250 e. The molecule has 2 N–H and O–H groups in total. The van der Waals surface area contributed by atoms with E-state index in [1.807, 2.05) is 11.7 Å². The van der Waals surface area contributed by atoms with E-state index >= 15 is 0 Å². The van der Waals surface area contributed by atoms with E-state index in [1.165, 1.54) is 6.42 Å². The summed E-state index contributed by atoms with van der Waals surface area (Å²) in [5.74, 6) is 1.09. The summed E-state index contributed by atoms with van der Waals surface area (Å²) in [7, 11) is 1.93. The minimum Gasteiger partial charge on any atom is -0.354 e. The Morgan fingerprint density at radius 3 is 2.72 bits per heavy atom. The molecular formula is C13H20N4O. The number of fused-ring (bicyclic) bond motifs is 1. The third-order valence-electron chi connectivity index (χ3n) is 4.19. The van der Waals surface area contributed by atoms with E-state index in [4.69, 9.17) is 0 Å². The van der Waals surface area contributed by atoms with Gasteiger partial charge in [-0.15, -0.1) is 0 Å². The van der Waals surface area contributed by atoms with Crippen molar-refractivity contribution in [2.75, 3.05) is 10.6 Å². The first kappa shape index (κ1) is 11.6. The number of amides is 1. The van der Waals surface area contributed by atoms with E-state index in [0.29, 0.717) is 0 Å². The average Bonchev–Trinajstić information content (AvgIpc) is 2.68. The van der Waals surface area contributed by atoms with E-state index in [9.17, 15) is 4.79 Å². The van der Waals surface area contributed by atoms with Crippen molar-refractivity contribution in [2.45, 2.75) is 51.0 Å². The van der Waals surface area contributed by atoms with Crippen LogP contribution in [0.1, 0.15) is 44.7 Å². The Balaban J connectivity index is 2.00. The molecule has 0 saturated heterocycles. The lowest BCUT2D eigenvalue weighted by Gasteiger charge is -2.40. The molecule has 1 fully saturated rings. The van der Waals surface area contributed by atoms with Gasteiger partial charge in [-0.1, -0.05) is 26.2 Å². The molecule has 1 saturated carbocycles. The van der Waals surface area contributed by atoms with Crippen molar-refractivity contribution < 1.29 is 4.79 Å². The van der Waals surface area contributed by atoms with Crippen LogP contribution in [0.5, 0.6) is 0 Å². The van der Waals surface area contributed by atoms with Crippen molar-refractivity contribution in [3.63, 3.8) is 0 Å². The summed E-state index contributed by atoms with van der Waals surface area (Å²) in [6.45, 7) is 2.06. The second-order valence-corrected chi connectivity index (χ2v) is 5.37. The number of nitrogens with zero attached hydrogens (tertiary/aromatic N) is 2. The molecule has 18 heavy (non-hydrogen) atoms. The fourth-order valence-electron chi connectivity index (χ4n) is 3.13. The molecule has 1 aliphatic heterocycles. The lowest BCUT2D eigenvalue weighted by molar-refractivity contribution is -0.121. The quantitative estimate of drug-likeness (QED) is 0.799. The van der Waals surface area contributed by atoms with Gasteiger partial charge in [-0.3, -0.25) is 9.48 Å². The second kappa shape index (κ2) is 4.00. The van der Waals surface area contributed by atoms with Crippen LogP contribution < -0.4 is 10.6 Å². The lowest BCUT2D eigenvalue weighted by Crippen LogP contribution is -2.53. The Labute approximate surface area is 107 Å². The molecule has 1 aromatic rings. The minimum absolute atomic E-state index is 0.123.